The van der Waals surface area contributed by atoms with Crippen molar-refractivity contribution in [1.82, 2.24) is 16.1 Å². The Bertz CT molecular complexity index is 245. The maximum Gasteiger partial charge on any atom is 0.309 e. The Morgan fingerprint density at radius 3 is 1.93 bits per heavy atom. The fourth-order valence-corrected chi connectivity index (χ4v) is 0.771. The van der Waals surface area contributed by atoms with Gasteiger partial charge in [0.15, 0.2) is 0 Å². The third kappa shape index (κ3) is 3.61. The number of allylic oxidation sites excluding steroid dienone is 2. The van der Waals surface area contributed by atoms with E-state index in [0.717, 1.165) is 0 Å². The lowest BCUT2D eigenvalue weighted by Gasteiger charge is -2.10. The van der Waals surface area contributed by atoms with Crippen LogP contribution in [0.1, 0.15) is 0 Å². The molecule has 0 atom stereocenters. The standard InChI is InChI=1S/C4H6N2O2.C4H5NO/c7-3-4(8)6-2-1-5-3;1-2-4-6-5-3-1/h1-2H2,(H,5,7)(H,6,8);1-5H. The van der Waals surface area contributed by atoms with Crippen molar-refractivity contribution in [2.24, 2.45) is 0 Å². The zero-order valence-electron chi connectivity index (χ0n) is 7.45. The second-order valence-electron chi connectivity index (χ2n) is 2.44. The highest BCUT2D eigenvalue weighted by Crippen LogP contribution is 1.80. The lowest BCUT2D eigenvalue weighted by Crippen LogP contribution is -2.49. The second-order valence-corrected chi connectivity index (χ2v) is 2.44. The molecule has 6 nitrogen and oxygen atoms in total. The first-order chi connectivity index (χ1) is 6.80. The van der Waals surface area contributed by atoms with Crippen molar-refractivity contribution in [3.8, 4) is 0 Å². The Kier molecular flexibility index (Phi) is 4.06. The van der Waals surface area contributed by atoms with Gasteiger partial charge in [0, 0.05) is 19.3 Å². The third-order valence-electron chi connectivity index (χ3n) is 1.39. The average molecular weight is 197 g/mol. The number of carbonyl (C=O) groups is 2. The first-order valence-electron chi connectivity index (χ1n) is 4.09. The minimum atomic E-state index is -0.531. The number of carbonyl (C=O) groups excluding carboxylic acids is 2. The summed E-state index contributed by atoms with van der Waals surface area (Å²) in [7, 11) is 0. The number of hydrogen-bond acceptors (Lipinski definition) is 4. The van der Waals surface area contributed by atoms with E-state index in [9.17, 15) is 9.59 Å². The number of nitrogens with one attached hydrogen (secondary N) is 3. The highest BCUT2D eigenvalue weighted by molar-refractivity contribution is 6.35. The summed E-state index contributed by atoms with van der Waals surface area (Å²) in [5.41, 5.74) is 2.52. The van der Waals surface area contributed by atoms with Crippen molar-refractivity contribution in [2.45, 2.75) is 0 Å². The zero-order valence-corrected chi connectivity index (χ0v) is 7.45. The van der Waals surface area contributed by atoms with Crippen LogP contribution in [0, 0.1) is 0 Å². The molecule has 76 valence electrons. The molecule has 0 aromatic heterocycles. The van der Waals surface area contributed by atoms with Crippen LogP contribution in [0.2, 0.25) is 0 Å². The number of hydroxylamine groups is 1. The summed E-state index contributed by atoms with van der Waals surface area (Å²) in [5, 5.41) is 4.76. The van der Waals surface area contributed by atoms with E-state index in [2.05, 4.69) is 21.0 Å². The van der Waals surface area contributed by atoms with Gasteiger partial charge < -0.3 is 15.5 Å². The average Bonchev–Trinajstić information content (AvgIpc) is 2.26. The minimum Gasteiger partial charge on any atom is -0.391 e. The van der Waals surface area contributed by atoms with Crippen LogP contribution < -0.4 is 16.1 Å². The Labute approximate surface area is 80.9 Å². The van der Waals surface area contributed by atoms with Gasteiger partial charge in [0.1, 0.15) is 6.26 Å². The molecule has 1 saturated heterocycles. The predicted octanol–water partition coefficient (Wildman–Crippen LogP) is -1.22. The van der Waals surface area contributed by atoms with Gasteiger partial charge in [0.2, 0.25) is 0 Å². The molecule has 2 aliphatic heterocycles. The molecule has 0 aromatic rings. The number of hydrogen-bond donors (Lipinski definition) is 3. The van der Waals surface area contributed by atoms with E-state index >= 15 is 0 Å². The summed E-state index contributed by atoms with van der Waals surface area (Å²) < 4.78 is 0. The fraction of sp³-hybridized carbons (Fsp3) is 0.250. The van der Waals surface area contributed by atoms with Crippen LogP contribution in [-0.4, -0.2) is 24.9 Å². The van der Waals surface area contributed by atoms with E-state index in [-0.39, 0.29) is 0 Å². The highest BCUT2D eigenvalue weighted by atomic mass is 16.6. The topological polar surface area (TPSA) is 79.5 Å². The summed E-state index contributed by atoms with van der Waals surface area (Å²) >= 11 is 0. The van der Waals surface area contributed by atoms with Gasteiger partial charge in [-0.05, 0) is 12.2 Å². The molecule has 3 N–H and O–H groups in total. The van der Waals surface area contributed by atoms with Crippen LogP contribution in [0.3, 0.4) is 0 Å². The van der Waals surface area contributed by atoms with E-state index in [1.807, 2.05) is 6.08 Å². The summed E-state index contributed by atoms with van der Waals surface area (Å²) in [4.78, 5) is 25.1. The van der Waals surface area contributed by atoms with Crippen molar-refractivity contribution in [2.75, 3.05) is 13.1 Å². The molecule has 2 heterocycles. The third-order valence-corrected chi connectivity index (χ3v) is 1.39. The summed E-state index contributed by atoms with van der Waals surface area (Å²) in [6.07, 6.45) is 6.93. The lowest BCUT2D eigenvalue weighted by atomic mass is 10.4. The van der Waals surface area contributed by atoms with Crippen molar-refractivity contribution < 1.29 is 14.4 Å². The molecule has 0 radical (unpaired) electrons. The monoisotopic (exact) mass is 197 g/mol. The van der Waals surface area contributed by atoms with E-state index in [1.165, 1.54) is 0 Å². The van der Waals surface area contributed by atoms with Gasteiger partial charge in [-0.2, -0.15) is 0 Å². The van der Waals surface area contributed by atoms with Crippen LogP contribution >= 0.6 is 0 Å². The van der Waals surface area contributed by atoms with Crippen LogP contribution in [-0.2, 0) is 14.4 Å². The van der Waals surface area contributed by atoms with E-state index in [4.69, 9.17) is 0 Å². The first-order valence-corrected chi connectivity index (χ1v) is 4.09. The molecule has 0 bridgehead atoms. The molecule has 14 heavy (non-hydrogen) atoms. The summed E-state index contributed by atoms with van der Waals surface area (Å²) in [6, 6.07) is 0. The van der Waals surface area contributed by atoms with E-state index < -0.39 is 11.8 Å². The van der Waals surface area contributed by atoms with Gasteiger partial charge in [-0.25, -0.2) is 5.48 Å². The highest BCUT2D eigenvalue weighted by Gasteiger charge is 2.15. The lowest BCUT2D eigenvalue weighted by molar-refractivity contribution is -0.140. The molecule has 2 rings (SSSR count). The molecule has 6 heteroatoms. The molecule has 2 aliphatic rings. The Hall–Kier alpha value is -1.98. The van der Waals surface area contributed by atoms with Crippen molar-refractivity contribution in [3.05, 3.63) is 24.6 Å². The van der Waals surface area contributed by atoms with Crippen LogP contribution in [0.25, 0.3) is 0 Å². The molecule has 2 amide bonds. The quantitative estimate of drug-likeness (QED) is 0.425. The maximum absolute atomic E-state index is 10.3. The maximum atomic E-state index is 10.3. The van der Waals surface area contributed by atoms with Gasteiger partial charge >= 0.3 is 11.8 Å². The molecular formula is C8H11N3O3. The van der Waals surface area contributed by atoms with E-state index in [0.29, 0.717) is 13.1 Å². The smallest absolute Gasteiger partial charge is 0.309 e. The second kappa shape index (κ2) is 5.63. The molecule has 0 saturated carbocycles. The van der Waals surface area contributed by atoms with Crippen molar-refractivity contribution >= 4 is 11.8 Å². The minimum absolute atomic E-state index is 0.531. The van der Waals surface area contributed by atoms with Crippen LogP contribution in [0.5, 0.6) is 0 Å². The Balaban J connectivity index is 0.000000146. The Morgan fingerprint density at radius 2 is 1.71 bits per heavy atom. The number of piperazine rings is 1. The predicted molar refractivity (Wildman–Crippen MR) is 48.5 cm³/mol. The van der Waals surface area contributed by atoms with Gasteiger partial charge in [-0.15, -0.1) is 0 Å². The van der Waals surface area contributed by atoms with Gasteiger partial charge in [-0.3, -0.25) is 9.59 Å². The van der Waals surface area contributed by atoms with Crippen LogP contribution in [0.15, 0.2) is 24.6 Å². The summed E-state index contributed by atoms with van der Waals surface area (Å²) in [5.74, 6) is -1.06. The molecular weight excluding hydrogens is 186 g/mol. The summed E-state index contributed by atoms with van der Waals surface area (Å²) in [6.45, 7) is 1.09. The number of rotatable bonds is 0. The van der Waals surface area contributed by atoms with Gasteiger partial charge in [-0.1, -0.05) is 0 Å². The van der Waals surface area contributed by atoms with Gasteiger partial charge in [0.05, 0.1) is 0 Å². The number of amides is 2. The fourth-order valence-electron chi connectivity index (χ4n) is 0.771. The van der Waals surface area contributed by atoms with Crippen LogP contribution in [0.4, 0.5) is 0 Å². The molecule has 0 spiro atoms. The molecule has 0 unspecified atom stereocenters. The molecule has 1 fully saturated rings. The molecule has 0 aromatic carbocycles. The first kappa shape index (κ1) is 10.1. The van der Waals surface area contributed by atoms with Gasteiger partial charge in [0.25, 0.3) is 0 Å². The Morgan fingerprint density at radius 1 is 1.07 bits per heavy atom. The van der Waals surface area contributed by atoms with Crippen molar-refractivity contribution in [1.29, 1.82) is 0 Å². The normalized spacial score (nSPS) is 18.0. The zero-order chi connectivity index (χ0) is 10.2. The molecule has 0 aliphatic carbocycles. The SMILES string of the molecule is C1=CNOC=C1.O=C1NCCNC1=O. The van der Waals surface area contributed by atoms with Crippen molar-refractivity contribution in [3.63, 3.8) is 0 Å². The largest absolute Gasteiger partial charge is 0.391 e. The van der Waals surface area contributed by atoms with E-state index in [1.54, 1.807) is 18.5 Å².